The first kappa shape index (κ1) is 17.8. The molecule has 4 saturated carbocycles. The van der Waals surface area contributed by atoms with E-state index in [1.165, 1.54) is 57.4 Å². The Morgan fingerprint density at radius 2 is 1.52 bits per heavy atom. The van der Waals surface area contributed by atoms with E-state index in [-0.39, 0.29) is 0 Å². The van der Waals surface area contributed by atoms with Crippen molar-refractivity contribution < 1.29 is 9.47 Å². The number of hydrogen-bond donors (Lipinski definition) is 0. The molecule has 0 unspecified atom stereocenters. The predicted molar refractivity (Wildman–Crippen MR) is 107 cm³/mol. The van der Waals surface area contributed by atoms with Crippen LogP contribution >= 0.6 is 0 Å². The maximum atomic E-state index is 5.57. The highest BCUT2D eigenvalue weighted by molar-refractivity contribution is 5.40. The van der Waals surface area contributed by atoms with Crippen LogP contribution in [0, 0.1) is 23.7 Å². The molecule has 1 aliphatic heterocycles. The van der Waals surface area contributed by atoms with Gasteiger partial charge in [0.15, 0.2) is 0 Å². The lowest BCUT2D eigenvalue weighted by atomic mass is 9.54. The fourth-order valence-electron chi connectivity index (χ4n) is 6.96. The fraction of sp³-hybridized carbons (Fsp3) is 0.739. The Hall–Kier alpha value is -1.26. The number of rotatable bonds is 5. The van der Waals surface area contributed by atoms with E-state index in [0.717, 1.165) is 47.8 Å². The normalized spacial score (nSPS) is 36.1. The van der Waals surface area contributed by atoms with Gasteiger partial charge in [0.25, 0.3) is 0 Å². The van der Waals surface area contributed by atoms with Crippen molar-refractivity contribution in [3.63, 3.8) is 0 Å². The lowest BCUT2D eigenvalue weighted by Crippen LogP contribution is -2.60. The molecule has 4 aliphatic carbocycles. The highest BCUT2D eigenvalue weighted by Gasteiger charge is 2.50. The smallest absolute Gasteiger partial charge is 0.123 e. The van der Waals surface area contributed by atoms with Crippen LogP contribution in [0.3, 0.4) is 0 Å². The van der Waals surface area contributed by atoms with Crippen molar-refractivity contribution >= 4 is 0 Å². The minimum Gasteiger partial charge on any atom is -0.497 e. The van der Waals surface area contributed by atoms with Crippen LogP contribution in [0.5, 0.6) is 11.5 Å². The number of piperazine rings is 1. The maximum absolute atomic E-state index is 5.57. The zero-order valence-corrected chi connectivity index (χ0v) is 16.9. The van der Waals surface area contributed by atoms with E-state index in [2.05, 4.69) is 15.9 Å². The van der Waals surface area contributed by atoms with Gasteiger partial charge >= 0.3 is 0 Å². The van der Waals surface area contributed by atoms with Crippen LogP contribution in [0.25, 0.3) is 0 Å². The Morgan fingerprint density at radius 1 is 0.852 bits per heavy atom. The van der Waals surface area contributed by atoms with Gasteiger partial charge in [-0.05, 0) is 74.0 Å². The van der Waals surface area contributed by atoms with E-state index in [9.17, 15) is 0 Å². The lowest BCUT2D eigenvalue weighted by molar-refractivity contribution is -0.0769. The molecule has 5 fully saturated rings. The molecule has 4 bridgehead atoms. The van der Waals surface area contributed by atoms with Gasteiger partial charge in [0.2, 0.25) is 0 Å². The average Bonchev–Trinajstić information content (AvgIpc) is 2.68. The van der Waals surface area contributed by atoms with Crippen LogP contribution in [0.2, 0.25) is 0 Å². The predicted octanol–water partition coefficient (Wildman–Crippen LogP) is 3.65. The summed E-state index contributed by atoms with van der Waals surface area (Å²) in [6.07, 6.45) is 7.66. The average molecular weight is 371 g/mol. The van der Waals surface area contributed by atoms with Crippen LogP contribution in [-0.4, -0.2) is 56.2 Å². The van der Waals surface area contributed by atoms with E-state index in [0.29, 0.717) is 0 Å². The molecule has 1 saturated heterocycles. The van der Waals surface area contributed by atoms with Gasteiger partial charge in [-0.1, -0.05) is 0 Å². The Kier molecular flexibility index (Phi) is 4.81. The zero-order valence-electron chi connectivity index (χ0n) is 16.9. The van der Waals surface area contributed by atoms with Crippen molar-refractivity contribution in [3.05, 3.63) is 23.8 Å². The summed E-state index contributed by atoms with van der Waals surface area (Å²) in [5.74, 6) is 6.05. The van der Waals surface area contributed by atoms with Crippen molar-refractivity contribution in [2.24, 2.45) is 23.7 Å². The van der Waals surface area contributed by atoms with E-state index in [1.54, 1.807) is 20.6 Å². The van der Waals surface area contributed by atoms with Gasteiger partial charge in [0.1, 0.15) is 11.5 Å². The summed E-state index contributed by atoms with van der Waals surface area (Å²) in [7, 11) is 3.49. The molecule has 0 atom stereocenters. The minimum absolute atomic E-state index is 0.895. The first-order chi connectivity index (χ1) is 13.2. The van der Waals surface area contributed by atoms with Crippen molar-refractivity contribution in [2.45, 2.75) is 44.7 Å². The van der Waals surface area contributed by atoms with Crippen molar-refractivity contribution in [3.8, 4) is 11.5 Å². The third kappa shape index (κ3) is 3.36. The minimum atomic E-state index is 0.895. The summed E-state index contributed by atoms with van der Waals surface area (Å²) in [6, 6.07) is 7.03. The highest BCUT2D eigenvalue weighted by atomic mass is 16.5. The summed E-state index contributed by atoms with van der Waals surface area (Å²) >= 11 is 0. The molecule has 0 aromatic heterocycles. The van der Waals surface area contributed by atoms with E-state index >= 15 is 0 Å². The first-order valence-corrected chi connectivity index (χ1v) is 10.9. The van der Waals surface area contributed by atoms with Gasteiger partial charge < -0.3 is 9.47 Å². The van der Waals surface area contributed by atoms with Gasteiger partial charge in [0, 0.05) is 44.3 Å². The zero-order chi connectivity index (χ0) is 18.4. The molecular weight excluding hydrogens is 336 g/mol. The third-order valence-electron chi connectivity index (χ3n) is 7.89. The monoisotopic (exact) mass is 370 g/mol. The molecule has 0 amide bonds. The van der Waals surface area contributed by atoms with Gasteiger partial charge in [-0.25, -0.2) is 0 Å². The Bertz CT molecular complexity index is 640. The second kappa shape index (κ2) is 7.29. The molecule has 0 radical (unpaired) electrons. The van der Waals surface area contributed by atoms with Gasteiger partial charge in [-0.15, -0.1) is 0 Å². The van der Waals surface area contributed by atoms with Crippen LogP contribution in [0.15, 0.2) is 18.2 Å². The summed E-state index contributed by atoms with van der Waals surface area (Å²) < 4.78 is 11.0. The molecule has 1 heterocycles. The van der Waals surface area contributed by atoms with Crippen LogP contribution in [-0.2, 0) is 6.54 Å². The largest absolute Gasteiger partial charge is 0.497 e. The standard InChI is InChI=1S/C23H34N2O2/c1-26-21-3-4-22(27-2)20(14-21)15-24-5-7-25(8-6-24)23-18-10-16-9-17(12-18)13-19(23)11-16/h3-4,14,16-19,23H,5-13,15H2,1-2H3. The number of benzene rings is 1. The molecule has 4 nitrogen and oxygen atoms in total. The lowest BCUT2D eigenvalue weighted by Gasteiger charge is -2.58. The van der Waals surface area contributed by atoms with E-state index in [4.69, 9.17) is 9.47 Å². The fourth-order valence-corrected chi connectivity index (χ4v) is 6.96. The number of methoxy groups -OCH3 is 2. The molecule has 6 rings (SSSR count). The quantitative estimate of drug-likeness (QED) is 0.790. The van der Waals surface area contributed by atoms with Crippen molar-refractivity contribution in [1.82, 2.24) is 9.80 Å². The highest BCUT2D eigenvalue weighted by Crippen LogP contribution is 2.55. The Morgan fingerprint density at radius 3 is 2.11 bits per heavy atom. The van der Waals surface area contributed by atoms with Gasteiger partial charge in [0.05, 0.1) is 14.2 Å². The molecule has 1 aromatic carbocycles. The summed E-state index contributed by atoms with van der Waals surface area (Å²) in [5, 5.41) is 0. The van der Waals surface area contributed by atoms with Crippen LogP contribution < -0.4 is 9.47 Å². The first-order valence-electron chi connectivity index (χ1n) is 10.9. The SMILES string of the molecule is COc1ccc(OC)c(CN2CCN(C3C4CC5CC(C4)CC3C5)CC2)c1. The number of ether oxygens (including phenoxy) is 2. The van der Waals surface area contributed by atoms with E-state index in [1.807, 2.05) is 12.1 Å². The summed E-state index contributed by atoms with van der Waals surface area (Å²) in [4.78, 5) is 5.45. The molecule has 148 valence electrons. The second-order valence-electron chi connectivity index (χ2n) is 9.41. The molecule has 0 N–H and O–H groups in total. The molecule has 27 heavy (non-hydrogen) atoms. The third-order valence-corrected chi connectivity index (χ3v) is 7.89. The van der Waals surface area contributed by atoms with Crippen molar-refractivity contribution in [2.75, 3.05) is 40.4 Å². The summed E-state index contributed by atoms with van der Waals surface area (Å²) in [5.41, 5.74) is 1.24. The van der Waals surface area contributed by atoms with Crippen molar-refractivity contribution in [1.29, 1.82) is 0 Å². The Balaban J connectivity index is 1.21. The Labute approximate surface area is 163 Å². The molecule has 4 heteroatoms. The number of nitrogens with zero attached hydrogens (tertiary/aromatic N) is 2. The molecule has 0 spiro atoms. The van der Waals surface area contributed by atoms with Crippen LogP contribution in [0.1, 0.15) is 37.7 Å². The molecular formula is C23H34N2O2. The topological polar surface area (TPSA) is 24.9 Å². The molecule has 1 aromatic rings. The maximum Gasteiger partial charge on any atom is 0.123 e. The second-order valence-corrected chi connectivity index (χ2v) is 9.41. The van der Waals surface area contributed by atoms with Gasteiger partial charge in [-0.2, -0.15) is 0 Å². The number of hydrogen-bond acceptors (Lipinski definition) is 4. The van der Waals surface area contributed by atoms with Crippen LogP contribution in [0.4, 0.5) is 0 Å². The van der Waals surface area contributed by atoms with E-state index < -0.39 is 0 Å². The van der Waals surface area contributed by atoms with Gasteiger partial charge in [-0.3, -0.25) is 9.80 Å². The molecule has 5 aliphatic rings. The summed E-state index contributed by atoms with van der Waals surface area (Å²) in [6.45, 7) is 5.76.